The average Bonchev–Trinajstić information content (AvgIpc) is 3.92. The van der Waals surface area contributed by atoms with Gasteiger partial charge in [-0.15, -0.1) is 11.3 Å². The van der Waals surface area contributed by atoms with Crippen LogP contribution in [0.5, 0.6) is 0 Å². The Kier molecular flexibility index (Phi) is 6.62. The number of aromatic nitrogens is 5. The van der Waals surface area contributed by atoms with Gasteiger partial charge in [0.05, 0.1) is 11.0 Å². The maximum absolute atomic E-state index is 6.14. The van der Waals surface area contributed by atoms with E-state index in [9.17, 15) is 0 Å². The van der Waals surface area contributed by atoms with Crippen LogP contribution >= 0.6 is 11.3 Å². The zero-order chi connectivity index (χ0) is 34.9. The highest BCUT2D eigenvalue weighted by Gasteiger charge is 2.20. The first kappa shape index (κ1) is 29.7. The molecule has 0 N–H and O–H groups in total. The van der Waals surface area contributed by atoms with E-state index in [4.69, 9.17) is 24.4 Å². The van der Waals surface area contributed by atoms with Gasteiger partial charge in [0, 0.05) is 58.9 Å². The highest BCUT2D eigenvalue weighted by Crippen LogP contribution is 2.42. The summed E-state index contributed by atoms with van der Waals surface area (Å²) >= 11 is 1.78. The predicted octanol–water partition coefficient (Wildman–Crippen LogP) is 12.1. The Morgan fingerprint density at radius 3 is 2.04 bits per heavy atom. The standard InChI is InChI=1S/C46H27N5OS/c1-3-12-28(13-4-1)43-48-44(29-22-24-39-34(26-29)32-16-7-10-20-38(32)52-39)50-45(49-43)33-17-11-21-41-42(33)35-27-30(23-25-40(35)53-41)46-47-36-18-8-9-19-37(36)51(46)31-14-5-2-6-15-31/h1-27H. The number of nitrogens with zero attached hydrogens (tertiary/aromatic N) is 5. The molecule has 0 atom stereocenters. The molecule has 7 heteroatoms. The van der Waals surface area contributed by atoms with E-state index in [-0.39, 0.29) is 0 Å². The number of benzene rings is 7. The third-order valence-electron chi connectivity index (χ3n) is 9.87. The molecule has 0 aliphatic carbocycles. The molecule has 0 aliphatic rings. The third-order valence-corrected chi connectivity index (χ3v) is 11.0. The molecular weight excluding hydrogens is 671 g/mol. The van der Waals surface area contributed by atoms with Crippen LogP contribution in [0, 0.1) is 0 Å². The van der Waals surface area contributed by atoms with E-state index in [1.54, 1.807) is 11.3 Å². The van der Waals surface area contributed by atoms with Crippen molar-refractivity contribution in [2.75, 3.05) is 0 Å². The van der Waals surface area contributed by atoms with Gasteiger partial charge in [-0.25, -0.2) is 19.9 Å². The molecular formula is C46H27N5OS. The smallest absolute Gasteiger partial charge is 0.164 e. The Morgan fingerprint density at radius 1 is 0.453 bits per heavy atom. The van der Waals surface area contributed by atoms with Crippen LogP contribution in [0.2, 0.25) is 0 Å². The van der Waals surface area contributed by atoms with Crippen LogP contribution in [-0.2, 0) is 0 Å². The number of para-hydroxylation sites is 4. The fourth-order valence-electron chi connectivity index (χ4n) is 7.42. The number of rotatable bonds is 5. The summed E-state index contributed by atoms with van der Waals surface area (Å²) in [5, 5.41) is 4.35. The number of imidazole rings is 1. The quantitative estimate of drug-likeness (QED) is 0.179. The molecule has 4 heterocycles. The van der Waals surface area contributed by atoms with E-state index < -0.39 is 0 Å². The van der Waals surface area contributed by atoms with Crippen LogP contribution in [0.3, 0.4) is 0 Å². The van der Waals surface area contributed by atoms with Gasteiger partial charge in [0.1, 0.15) is 17.0 Å². The fraction of sp³-hybridized carbons (Fsp3) is 0. The first-order valence-electron chi connectivity index (χ1n) is 17.5. The summed E-state index contributed by atoms with van der Waals surface area (Å²) in [5.41, 5.74) is 8.60. The Bertz CT molecular complexity index is 3180. The van der Waals surface area contributed by atoms with Gasteiger partial charge in [-0.2, -0.15) is 0 Å². The van der Waals surface area contributed by atoms with Crippen LogP contribution < -0.4 is 0 Å². The van der Waals surface area contributed by atoms with Crippen LogP contribution in [0.4, 0.5) is 0 Å². The molecule has 248 valence electrons. The summed E-state index contributed by atoms with van der Waals surface area (Å²) < 4.78 is 10.7. The molecule has 0 bridgehead atoms. The van der Waals surface area contributed by atoms with E-state index in [0.29, 0.717) is 17.5 Å². The summed E-state index contributed by atoms with van der Waals surface area (Å²) in [6.45, 7) is 0. The Morgan fingerprint density at radius 2 is 1.15 bits per heavy atom. The first-order chi connectivity index (χ1) is 26.2. The average molecular weight is 698 g/mol. The molecule has 0 fully saturated rings. The minimum Gasteiger partial charge on any atom is -0.456 e. The van der Waals surface area contributed by atoms with Gasteiger partial charge in [-0.3, -0.25) is 4.57 Å². The molecule has 4 aromatic heterocycles. The Balaban J connectivity index is 1.13. The zero-order valence-corrected chi connectivity index (χ0v) is 29.0. The van der Waals surface area contributed by atoms with Crippen molar-refractivity contribution in [2.45, 2.75) is 0 Å². The number of thiophene rings is 1. The van der Waals surface area contributed by atoms with Crippen LogP contribution in [0.15, 0.2) is 168 Å². The zero-order valence-electron chi connectivity index (χ0n) is 28.1. The largest absolute Gasteiger partial charge is 0.456 e. The molecule has 11 aromatic rings. The molecule has 11 rings (SSSR count). The van der Waals surface area contributed by atoms with Crippen molar-refractivity contribution in [1.82, 2.24) is 24.5 Å². The van der Waals surface area contributed by atoms with E-state index in [1.807, 2.05) is 72.8 Å². The number of furan rings is 1. The maximum Gasteiger partial charge on any atom is 0.164 e. The van der Waals surface area contributed by atoms with E-state index in [0.717, 1.165) is 77.5 Å². The summed E-state index contributed by atoms with van der Waals surface area (Å²) in [6, 6.07) is 56.2. The van der Waals surface area contributed by atoms with Gasteiger partial charge in [-0.05, 0) is 72.8 Å². The number of fused-ring (bicyclic) bond motifs is 7. The molecule has 7 aromatic carbocycles. The predicted molar refractivity (Wildman–Crippen MR) is 216 cm³/mol. The summed E-state index contributed by atoms with van der Waals surface area (Å²) in [5.74, 6) is 2.75. The lowest BCUT2D eigenvalue weighted by Crippen LogP contribution is -2.00. The molecule has 0 aliphatic heterocycles. The van der Waals surface area contributed by atoms with Crippen LogP contribution in [-0.4, -0.2) is 24.5 Å². The van der Waals surface area contributed by atoms with Crippen molar-refractivity contribution in [2.24, 2.45) is 0 Å². The Hall–Kier alpha value is -6.96. The van der Waals surface area contributed by atoms with Gasteiger partial charge in [-0.1, -0.05) is 91.0 Å². The highest BCUT2D eigenvalue weighted by atomic mass is 32.1. The van der Waals surface area contributed by atoms with Crippen molar-refractivity contribution in [3.8, 4) is 51.2 Å². The highest BCUT2D eigenvalue weighted by molar-refractivity contribution is 7.26. The fourth-order valence-corrected chi connectivity index (χ4v) is 8.53. The van der Waals surface area contributed by atoms with Gasteiger partial charge in [0.25, 0.3) is 0 Å². The maximum atomic E-state index is 6.14. The minimum absolute atomic E-state index is 0.606. The third kappa shape index (κ3) is 4.86. The van der Waals surface area contributed by atoms with Crippen molar-refractivity contribution in [3.05, 3.63) is 164 Å². The van der Waals surface area contributed by atoms with Crippen molar-refractivity contribution in [1.29, 1.82) is 0 Å². The second-order valence-corrected chi connectivity index (χ2v) is 14.2. The molecule has 0 amide bonds. The molecule has 0 radical (unpaired) electrons. The van der Waals surface area contributed by atoms with Gasteiger partial charge < -0.3 is 4.42 Å². The molecule has 0 unspecified atom stereocenters. The van der Waals surface area contributed by atoms with Crippen molar-refractivity contribution < 1.29 is 4.42 Å². The number of hydrogen-bond acceptors (Lipinski definition) is 6. The van der Waals surface area contributed by atoms with Gasteiger partial charge in [0.2, 0.25) is 0 Å². The SMILES string of the molecule is c1ccc(-c2nc(-c3ccc4oc5ccccc5c4c3)nc(-c3cccc4sc5ccc(-c6nc7ccccc7n6-c6ccccc6)cc5c34)n2)cc1. The van der Waals surface area contributed by atoms with Crippen LogP contribution in [0.1, 0.15) is 0 Å². The van der Waals surface area contributed by atoms with E-state index in [2.05, 4.69) is 95.6 Å². The Labute approximate surface area is 307 Å². The molecule has 0 saturated heterocycles. The topological polar surface area (TPSA) is 69.6 Å². The van der Waals surface area contributed by atoms with Gasteiger partial charge >= 0.3 is 0 Å². The molecule has 53 heavy (non-hydrogen) atoms. The van der Waals surface area contributed by atoms with Crippen molar-refractivity contribution in [3.63, 3.8) is 0 Å². The van der Waals surface area contributed by atoms with E-state index in [1.165, 1.54) is 9.40 Å². The molecule has 0 saturated carbocycles. The number of hydrogen-bond donors (Lipinski definition) is 0. The normalized spacial score (nSPS) is 11.8. The van der Waals surface area contributed by atoms with Crippen molar-refractivity contribution >= 4 is 64.5 Å². The van der Waals surface area contributed by atoms with E-state index >= 15 is 0 Å². The monoisotopic (exact) mass is 697 g/mol. The lowest BCUT2D eigenvalue weighted by Gasteiger charge is -2.11. The second kappa shape index (κ2) is 11.8. The van der Waals surface area contributed by atoms with Crippen LogP contribution in [0.25, 0.3) is 104 Å². The summed E-state index contributed by atoms with van der Waals surface area (Å²) in [6.07, 6.45) is 0. The second-order valence-electron chi connectivity index (χ2n) is 13.1. The summed E-state index contributed by atoms with van der Waals surface area (Å²) in [4.78, 5) is 20.6. The summed E-state index contributed by atoms with van der Waals surface area (Å²) in [7, 11) is 0. The van der Waals surface area contributed by atoms with Gasteiger partial charge in [0.15, 0.2) is 17.5 Å². The molecule has 0 spiro atoms. The lowest BCUT2D eigenvalue weighted by atomic mass is 10.0. The lowest BCUT2D eigenvalue weighted by molar-refractivity contribution is 0.669. The molecule has 6 nitrogen and oxygen atoms in total. The minimum atomic E-state index is 0.606. The first-order valence-corrected chi connectivity index (χ1v) is 18.3.